The third kappa shape index (κ3) is 5.10. The van der Waals surface area contributed by atoms with E-state index in [4.69, 9.17) is 16.3 Å². The summed E-state index contributed by atoms with van der Waals surface area (Å²) in [4.78, 5) is 25.2. The highest BCUT2D eigenvalue weighted by Crippen LogP contribution is 2.49. The van der Waals surface area contributed by atoms with E-state index in [1.54, 1.807) is 25.1 Å². The van der Waals surface area contributed by atoms with Crippen molar-refractivity contribution in [2.45, 2.75) is 31.3 Å². The van der Waals surface area contributed by atoms with Gasteiger partial charge in [0.1, 0.15) is 11.9 Å². The summed E-state index contributed by atoms with van der Waals surface area (Å²) < 4.78 is 19.2. The van der Waals surface area contributed by atoms with Gasteiger partial charge in [-0.15, -0.1) is 11.3 Å². The lowest BCUT2D eigenvalue weighted by atomic mass is 9.92. The predicted octanol–water partition coefficient (Wildman–Crippen LogP) is 8.30. The van der Waals surface area contributed by atoms with Gasteiger partial charge in [-0.2, -0.15) is 0 Å². The Labute approximate surface area is 222 Å². The molecule has 0 spiro atoms. The molecule has 0 bridgehead atoms. The lowest BCUT2D eigenvalue weighted by molar-refractivity contribution is -0.140. The molecule has 1 fully saturated rings. The van der Waals surface area contributed by atoms with Crippen molar-refractivity contribution in [3.05, 3.63) is 100 Å². The van der Waals surface area contributed by atoms with E-state index in [-0.39, 0.29) is 5.82 Å². The lowest BCUT2D eigenvalue weighted by Crippen LogP contribution is -2.19. The molecule has 1 amide bonds. The van der Waals surface area contributed by atoms with Gasteiger partial charge in [0.25, 0.3) is 0 Å². The van der Waals surface area contributed by atoms with Crippen molar-refractivity contribution in [1.29, 1.82) is 0 Å². The summed E-state index contributed by atoms with van der Waals surface area (Å²) in [5.74, 6) is -1.15. The van der Waals surface area contributed by atoms with Gasteiger partial charge in [0.05, 0.1) is 20.3 Å². The summed E-state index contributed by atoms with van der Waals surface area (Å²) in [5.41, 5.74) is 3.94. The molecule has 1 aliphatic rings. The summed E-state index contributed by atoms with van der Waals surface area (Å²) >= 11 is 7.69. The Morgan fingerprint density at radius 2 is 1.68 bits per heavy atom. The van der Waals surface area contributed by atoms with Gasteiger partial charge in [-0.25, -0.2) is 9.18 Å². The number of amides is 1. The zero-order chi connectivity index (χ0) is 26.2. The molecule has 4 aromatic rings. The minimum absolute atomic E-state index is 0.361. The maximum atomic E-state index is 13.2. The second-order valence-corrected chi connectivity index (χ2v) is 10.7. The number of ether oxygens (including phenoxy) is 1. The second kappa shape index (κ2) is 10.00. The van der Waals surface area contributed by atoms with Crippen LogP contribution in [0.15, 0.2) is 78.9 Å². The van der Waals surface area contributed by atoms with Crippen LogP contribution >= 0.6 is 22.9 Å². The fourth-order valence-corrected chi connectivity index (χ4v) is 5.63. The number of carbonyl (C=O) groups excluding carboxylic acids is 1. The fourth-order valence-electron chi connectivity index (χ4n) is 4.41. The predicted molar refractivity (Wildman–Crippen MR) is 144 cm³/mol. The average Bonchev–Trinajstić information content (AvgIpc) is 3.63. The van der Waals surface area contributed by atoms with Gasteiger partial charge >= 0.3 is 12.1 Å². The number of carboxylic acids is 1. The van der Waals surface area contributed by atoms with Crippen LogP contribution in [0.3, 0.4) is 0 Å². The topological polar surface area (TPSA) is 75.6 Å². The molecule has 1 aliphatic carbocycles. The van der Waals surface area contributed by atoms with Crippen LogP contribution in [0, 0.1) is 5.82 Å². The monoisotopic (exact) mass is 535 g/mol. The van der Waals surface area contributed by atoms with Crippen LogP contribution in [0.1, 0.15) is 37.0 Å². The Morgan fingerprint density at radius 3 is 2.30 bits per heavy atom. The maximum Gasteiger partial charge on any atom is 0.412 e. The zero-order valence-corrected chi connectivity index (χ0v) is 21.4. The van der Waals surface area contributed by atoms with Crippen molar-refractivity contribution in [2.75, 3.05) is 5.32 Å². The lowest BCUT2D eigenvalue weighted by Gasteiger charge is -2.16. The van der Waals surface area contributed by atoms with E-state index in [2.05, 4.69) is 5.32 Å². The van der Waals surface area contributed by atoms with Crippen molar-refractivity contribution in [3.63, 3.8) is 0 Å². The Bertz CT molecular complexity index is 1460. The Morgan fingerprint density at radius 1 is 1.03 bits per heavy atom. The Balaban J connectivity index is 1.40. The number of thiophene rings is 1. The van der Waals surface area contributed by atoms with E-state index in [0.717, 1.165) is 27.1 Å². The number of halogens is 2. The third-order valence-corrected chi connectivity index (χ3v) is 7.94. The van der Waals surface area contributed by atoms with E-state index in [0.29, 0.717) is 28.4 Å². The SMILES string of the molecule is CC(OC(=O)Nc1cc(Cl)sc1-c1ccccc1-c1ccc(C2(C(=O)O)CC2)cc1)c1ccc(F)cc1. The molecular weight excluding hydrogens is 513 g/mol. The van der Waals surface area contributed by atoms with Gasteiger partial charge in [-0.3, -0.25) is 10.1 Å². The average molecular weight is 536 g/mol. The number of hydrogen-bond acceptors (Lipinski definition) is 4. The number of nitrogens with one attached hydrogen (secondary N) is 1. The van der Waals surface area contributed by atoms with Crippen molar-refractivity contribution < 1.29 is 23.8 Å². The number of hydrogen-bond donors (Lipinski definition) is 2. The molecule has 8 heteroatoms. The molecule has 3 aromatic carbocycles. The number of carboxylic acid groups (broad SMARTS) is 1. The summed E-state index contributed by atoms with van der Waals surface area (Å²) in [5, 5.41) is 12.4. The molecule has 0 aliphatic heterocycles. The molecule has 1 unspecified atom stereocenters. The minimum atomic E-state index is -0.787. The second-order valence-electron chi connectivity index (χ2n) is 9.03. The molecule has 37 heavy (non-hydrogen) atoms. The van der Waals surface area contributed by atoms with E-state index >= 15 is 0 Å². The Hall–Kier alpha value is -3.68. The fraction of sp³-hybridized carbons (Fsp3) is 0.172. The molecule has 0 radical (unpaired) electrons. The molecule has 1 aromatic heterocycles. The van der Waals surface area contributed by atoms with Gasteiger partial charge in [-0.1, -0.05) is 72.3 Å². The molecular formula is C29H23ClFNO4S. The number of anilines is 1. The molecule has 1 atom stereocenters. The van der Waals surface area contributed by atoms with E-state index in [1.807, 2.05) is 48.5 Å². The molecule has 188 valence electrons. The summed E-state index contributed by atoms with van der Waals surface area (Å²) in [6, 6.07) is 22.8. The maximum absolute atomic E-state index is 13.2. The quantitative estimate of drug-likeness (QED) is 0.249. The van der Waals surface area contributed by atoms with Gasteiger partial charge in [0, 0.05) is 5.56 Å². The van der Waals surface area contributed by atoms with Crippen LogP contribution in [-0.2, 0) is 14.9 Å². The van der Waals surface area contributed by atoms with E-state index < -0.39 is 23.6 Å². The summed E-state index contributed by atoms with van der Waals surface area (Å²) in [6.45, 7) is 1.71. The largest absolute Gasteiger partial charge is 0.481 e. The van der Waals surface area contributed by atoms with E-state index in [1.165, 1.54) is 23.5 Å². The molecule has 1 saturated carbocycles. The van der Waals surface area contributed by atoms with Crippen LogP contribution in [0.5, 0.6) is 0 Å². The van der Waals surface area contributed by atoms with Gasteiger partial charge < -0.3 is 9.84 Å². The molecule has 0 saturated heterocycles. The van der Waals surface area contributed by atoms with Gasteiger partial charge in [-0.05, 0) is 60.2 Å². The standard InChI is InChI=1S/C29H23ClFNO4S/c1-17(18-8-12-21(31)13-9-18)36-28(35)32-24-16-25(30)37-26(24)23-5-3-2-4-22(23)19-6-10-20(11-7-19)29(14-15-29)27(33)34/h2-13,16-17H,14-15H2,1H3,(H,32,35)(H,33,34). The van der Waals surface area contributed by atoms with Crippen molar-refractivity contribution in [3.8, 4) is 21.6 Å². The van der Waals surface area contributed by atoms with Crippen molar-refractivity contribution in [2.24, 2.45) is 0 Å². The molecule has 1 heterocycles. The van der Waals surface area contributed by atoms with Crippen LogP contribution in [0.2, 0.25) is 4.34 Å². The van der Waals surface area contributed by atoms with Crippen molar-refractivity contribution >= 4 is 40.7 Å². The number of aliphatic carboxylic acids is 1. The number of rotatable bonds is 7. The van der Waals surface area contributed by atoms with E-state index in [9.17, 15) is 19.1 Å². The summed E-state index contributed by atoms with van der Waals surface area (Å²) in [6.07, 6.45) is 0.0654. The summed E-state index contributed by atoms with van der Waals surface area (Å²) in [7, 11) is 0. The molecule has 2 N–H and O–H groups in total. The highest BCUT2D eigenvalue weighted by Gasteiger charge is 2.51. The first-order chi connectivity index (χ1) is 17.8. The highest BCUT2D eigenvalue weighted by molar-refractivity contribution is 7.20. The number of carbonyl (C=O) groups is 2. The number of benzene rings is 3. The first-order valence-corrected chi connectivity index (χ1v) is 12.9. The van der Waals surface area contributed by atoms with Crippen LogP contribution < -0.4 is 5.32 Å². The van der Waals surface area contributed by atoms with Crippen LogP contribution in [-0.4, -0.2) is 17.2 Å². The first kappa shape index (κ1) is 25.0. The molecule has 5 rings (SSSR count). The Kier molecular flexibility index (Phi) is 6.75. The highest BCUT2D eigenvalue weighted by atomic mass is 35.5. The van der Waals surface area contributed by atoms with Crippen LogP contribution in [0.4, 0.5) is 14.9 Å². The smallest absolute Gasteiger partial charge is 0.412 e. The van der Waals surface area contributed by atoms with Gasteiger partial charge in [0.15, 0.2) is 0 Å². The molecule has 5 nitrogen and oxygen atoms in total. The zero-order valence-electron chi connectivity index (χ0n) is 19.8. The van der Waals surface area contributed by atoms with Gasteiger partial charge in [0.2, 0.25) is 0 Å². The van der Waals surface area contributed by atoms with Crippen LogP contribution in [0.25, 0.3) is 21.6 Å². The normalized spacial score (nSPS) is 14.6. The minimum Gasteiger partial charge on any atom is -0.481 e. The first-order valence-electron chi connectivity index (χ1n) is 11.7. The van der Waals surface area contributed by atoms with Crippen molar-refractivity contribution in [1.82, 2.24) is 0 Å². The third-order valence-electron chi connectivity index (χ3n) is 6.64.